The van der Waals surface area contributed by atoms with E-state index in [-0.39, 0.29) is 23.7 Å². The zero-order valence-electron chi connectivity index (χ0n) is 10.00. The van der Waals surface area contributed by atoms with E-state index in [0.29, 0.717) is 0 Å². The van der Waals surface area contributed by atoms with Crippen LogP contribution in [0, 0.1) is 5.82 Å². The van der Waals surface area contributed by atoms with Crippen molar-refractivity contribution < 1.29 is 13.6 Å². The van der Waals surface area contributed by atoms with Crippen LogP contribution in [0.4, 0.5) is 8.78 Å². The largest absolute Gasteiger partial charge is 0.351 e. The summed E-state index contributed by atoms with van der Waals surface area (Å²) in [5.74, 6) is -1.02. The molecule has 4 nitrogen and oxygen atoms in total. The Kier molecular flexibility index (Phi) is 4.34. The Balaban J connectivity index is 1.95. The standard InChI is InChI=1S/C12H14ClF2N3O/c13-7-3-1-2-6(9(7)15)4-18-12(19)11-10(16)8(14)5-17-11/h1-3,8,10-11,17H,4-5,16H2,(H,18,19)/t8-,10+,11-/m0/s1. The fraction of sp³-hybridized carbons (Fsp3) is 0.417. The van der Waals surface area contributed by atoms with Gasteiger partial charge in [0.15, 0.2) is 0 Å². The van der Waals surface area contributed by atoms with Gasteiger partial charge in [-0.05, 0) is 6.07 Å². The summed E-state index contributed by atoms with van der Waals surface area (Å²) >= 11 is 5.63. The molecule has 3 atom stereocenters. The summed E-state index contributed by atoms with van der Waals surface area (Å²) in [4.78, 5) is 11.8. The van der Waals surface area contributed by atoms with Gasteiger partial charge in [0.1, 0.15) is 18.0 Å². The van der Waals surface area contributed by atoms with Crippen LogP contribution in [0.5, 0.6) is 0 Å². The molecule has 7 heteroatoms. The number of hydrogen-bond donors (Lipinski definition) is 3. The van der Waals surface area contributed by atoms with Crippen LogP contribution in [-0.2, 0) is 11.3 Å². The van der Waals surface area contributed by atoms with E-state index in [2.05, 4.69) is 10.6 Å². The highest BCUT2D eigenvalue weighted by Crippen LogP contribution is 2.17. The summed E-state index contributed by atoms with van der Waals surface area (Å²) < 4.78 is 26.7. The third-order valence-electron chi connectivity index (χ3n) is 3.10. The van der Waals surface area contributed by atoms with Crippen molar-refractivity contribution in [1.29, 1.82) is 0 Å². The number of alkyl halides is 1. The predicted octanol–water partition coefficient (Wildman–Crippen LogP) is 0.733. The van der Waals surface area contributed by atoms with Crippen molar-refractivity contribution in [2.75, 3.05) is 6.54 Å². The maximum Gasteiger partial charge on any atom is 0.239 e. The summed E-state index contributed by atoms with van der Waals surface area (Å²) in [5.41, 5.74) is 5.82. The Bertz CT molecular complexity index is 486. The molecule has 0 radical (unpaired) electrons. The molecule has 0 saturated carbocycles. The molecule has 1 saturated heterocycles. The average Bonchev–Trinajstić information content (AvgIpc) is 2.72. The van der Waals surface area contributed by atoms with Gasteiger partial charge in [-0.15, -0.1) is 0 Å². The summed E-state index contributed by atoms with van der Waals surface area (Å²) in [6, 6.07) is 2.84. The van der Waals surface area contributed by atoms with E-state index < -0.39 is 30.0 Å². The van der Waals surface area contributed by atoms with E-state index in [9.17, 15) is 13.6 Å². The number of rotatable bonds is 3. The van der Waals surface area contributed by atoms with Crippen molar-refractivity contribution in [3.05, 3.63) is 34.6 Å². The van der Waals surface area contributed by atoms with Gasteiger partial charge in [-0.2, -0.15) is 0 Å². The average molecular weight is 290 g/mol. The minimum atomic E-state index is -1.25. The molecule has 1 fully saturated rings. The van der Waals surface area contributed by atoms with Crippen LogP contribution in [0.15, 0.2) is 18.2 Å². The molecule has 1 aromatic carbocycles. The third kappa shape index (κ3) is 3.02. The van der Waals surface area contributed by atoms with E-state index in [0.717, 1.165) is 0 Å². The number of hydrogen-bond acceptors (Lipinski definition) is 3. The van der Waals surface area contributed by atoms with Crippen molar-refractivity contribution in [2.45, 2.75) is 24.8 Å². The lowest BCUT2D eigenvalue weighted by Crippen LogP contribution is -2.50. The van der Waals surface area contributed by atoms with E-state index >= 15 is 0 Å². The number of halogens is 3. The molecule has 19 heavy (non-hydrogen) atoms. The molecule has 1 aromatic rings. The van der Waals surface area contributed by atoms with Crippen molar-refractivity contribution in [3.8, 4) is 0 Å². The fourth-order valence-electron chi connectivity index (χ4n) is 1.97. The van der Waals surface area contributed by atoms with E-state index in [1.165, 1.54) is 12.1 Å². The van der Waals surface area contributed by atoms with Crippen LogP contribution in [0.3, 0.4) is 0 Å². The minimum Gasteiger partial charge on any atom is -0.351 e. The molecule has 104 valence electrons. The lowest BCUT2D eigenvalue weighted by molar-refractivity contribution is -0.123. The molecule has 1 amide bonds. The molecule has 1 heterocycles. The van der Waals surface area contributed by atoms with Gasteiger partial charge in [-0.25, -0.2) is 8.78 Å². The molecule has 4 N–H and O–H groups in total. The Morgan fingerprint density at radius 3 is 2.95 bits per heavy atom. The third-order valence-corrected chi connectivity index (χ3v) is 3.39. The summed E-state index contributed by atoms with van der Waals surface area (Å²) in [7, 11) is 0. The van der Waals surface area contributed by atoms with Gasteiger partial charge in [0.05, 0.1) is 11.1 Å². The quantitative estimate of drug-likeness (QED) is 0.769. The zero-order chi connectivity index (χ0) is 14.0. The zero-order valence-corrected chi connectivity index (χ0v) is 10.8. The highest BCUT2D eigenvalue weighted by molar-refractivity contribution is 6.30. The highest BCUT2D eigenvalue weighted by Gasteiger charge is 2.37. The summed E-state index contributed by atoms with van der Waals surface area (Å²) in [6.45, 7) is 0.0257. The summed E-state index contributed by atoms with van der Waals surface area (Å²) in [6.07, 6.45) is -1.25. The van der Waals surface area contributed by atoms with Crippen molar-refractivity contribution >= 4 is 17.5 Å². The van der Waals surface area contributed by atoms with Gasteiger partial charge in [-0.3, -0.25) is 4.79 Å². The molecule has 0 aromatic heterocycles. The number of nitrogens with two attached hydrogens (primary N) is 1. The predicted molar refractivity (Wildman–Crippen MR) is 67.9 cm³/mol. The first-order chi connectivity index (χ1) is 9.00. The minimum absolute atomic E-state index is 0.00809. The van der Waals surface area contributed by atoms with Gasteiger partial charge in [-0.1, -0.05) is 23.7 Å². The van der Waals surface area contributed by atoms with Crippen LogP contribution in [0.1, 0.15) is 5.56 Å². The second-order valence-corrected chi connectivity index (χ2v) is 4.82. The van der Waals surface area contributed by atoms with Crippen molar-refractivity contribution in [1.82, 2.24) is 10.6 Å². The van der Waals surface area contributed by atoms with Gasteiger partial charge in [0, 0.05) is 18.7 Å². The Hall–Kier alpha value is -1.24. The van der Waals surface area contributed by atoms with E-state index in [1.54, 1.807) is 6.07 Å². The number of carbonyl (C=O) groups is 1. The Morgan fingerprint density at radius 1 is 1.58 bits per heavy atom. The SMILES string of the molecule is N[C@H]1[C@@H](C(=O)NCc2cccc(Cl)c2F)NC[C@@H]1F. The molecule has 2 rings (SSSR count). The second-order valence-electron chi connectivity index (χ2n) is 4.41. The molecule has 1 aliphatic heterocycles. The monoisotopic (exact) mass is 289 g/mol. The van der Waals surface area contributed by atoms with Gasteiger partial charge < -0.3 is 16.4 Å². The number of benzene rings is 1. The lowest BCUT2D eigenvalue weighted by Gasteiger charge is -2.16. The Labute approximate surface area is 114 Å². The van der Waals surface area contributed by atoms with Gasteiger partial charge in [0.25, 0.3) is 0 Å². The smallest absolute Gasteiger partial charge is 0.239 e. The van der Waals surface area contributed by atoms with Crippen LogP contribution in [0.2, 0.25) is 5.02 Å². The van der Waals surface area contributed by atoms with Gasteiger partial charge >= 0.3 is 0 Å². The normalized spacial score (nSPS) is 26.4. The van der Waals surface area contributed by atoms with Gasteiger partial charge in [0.2, 0.25) is 5.91 Å². The van der Waals surface area contributed by atoms with Crippen LogP contribution in [0.25, 0.3) is 0 Å². The molecule has 0 aliphatic carbocycles. The van der Waals surface area contributed by atoms with Crippen LogP contribution in [-0.4, -0.2) is 30.7 Å². The Morgan fingerprint density at radius 2 is 2.32 bits per heavy atom. The second kappa shape index (κ2) is 5.81. The number of amides is 1. The summed E-state index contributed by atoms with van der Waals surface area (Å²) in [5, 5.41) is 5.19. The number of nitrogens with one attached hydrogen (secondary N) is 2. The van der Waals surface area contributed by atoms with Crippen molar-refractivity contribution in [3.63, 3.8) is 0 Å². The van der Waals surface area contributed by atoms with Crippen LogP contribution < -0.4 is 16.4 Å². The molecule has 0 bridgehead atoms. The molecule has 0 spiro atoms. The first-order valence-electron chi connectivity index (χ1n) is 5.84. The highest BCUT2D eigenvalue weighted by atomic mass is 35.5. The number of carbonyl (C=O) groups excluding carboxylic acids is 1. The molecule has 0 unspecified atom stereocenters. The maximum absolute atomic E-state index is 13.6. The maximum atomic E-state index is 13.6. The topological polar surface area (TPSA) is 67.2 Å². The van der Waals surface area contributed by atoms with E-state index in [4.69, 9.17) is 17.3 Å². The molecule has 1 aliphatic rings. The molecular formula is C12H14ClF2N3O. The van der Waals surface area contributed by atoms with Crippen LogP contribution >= 0.6 is 11.6 Å². The fourth-order valence-corrected chi connectivity index (χ4v) is 2.16. The first-order valence-corrected chi connectivity index (χ1v) is 6.22. The van der Waals surface area contributed by atoms with Crippen molar-refractivity contribution in [2.24, 2.45) is 5.73 Å². The van der Waals surface area contributed by atoms with E-state index in [1.807, 2.05) is 0 Å². The first kappa shape index (κ1) is 14.2. The lowest BCUT2D eigenvalue weighted by atomic mass is 10.1. The molecular weight excluding hydrogens is 276 g/mol.